The smallest absolute Gasteiger partial charge is 0.295 e. The molecule has 2 aliphatic heterocycles. The highest BCUT2D eigenvalue weighted by Crippen LogP contribution is 2.46. The van der Waals surface area contributed by atoms with Crippen molar-refractivity contribution < 1.29 is 38.4 Å². The topological polar surface area (TPSA) is 107 Å². The van der Waals surface area contributed by atoms with Crippen molar-refractivity contribution in [3.05, 3.63) is 47.0 Å². The molecular formula is C28H34N2O8. The lowest BCUT2D eigenvalue weighted by molar-refractivity contribution is -0.140. The first-order valence-corrected chi connectivity index (χ1v) is 12.4. The van der Waals surface area contributed by atoms with Gasteiger partial charge in [0.15, 0.2) is 23.0 Å². The van der Waals surface area contributed by atoms with Crippen LogP contribution in [-0.2, 0) is 9.59 Å². The maximum atomic E-state index is 13.5. The van der Waals surface area contributed by atoms with Crippen LogP contribution >= 0.6 is 0 Å². The molecule has 2 aliphatic rings. The Morgan fingerprint density at radius 1 is 0.816 bits per heavy atom. The van der Waals surface area contributed by atoms with Gasteiger partial charge in [0.25, 0.3) is 11.7 Å². The van der Waals surface area contributed by atoms with Crippen LogP contribution in [0.5, 0.6) is 28.7 Å². The second kappa shape index (κ2) is 11.6. The van der Waals surface area contributed by atoms with E-state index >= 15 is 0 Å². The summed E-state index contributed by atoms with van der Waals surface area (Å²) in [7, 11) is 7.48. The summed E-state index contributed by atoms with van der Waals surface area (Å²) in [5, 5.41) is 11.5. The summed E-state index contributed by atoms with van der Waals surface area (Å²) in [6.45, 7) is 2.83. The number of amides is 1. The summed E-state index contributed by atoms with van der Waals surface area (Å²) in [6.07, 6.45) is 2.21. The number of hydrogen-bond donors (Lipinski definition) is 1. The molecule has 2 fully saturated rings. The molecule has 4 rings (SSSR count). The number of benzene rings is 2. The minimum Gasteiger partial charge on any atom is -0.507 e. The van der Waals surface area contributed by atoms with Gasteiger partial charge >= 0.3 is 0 Å². The number of aliphatic hydroxyl groups is 1. The van der Waals surface area contributed by atoms with Crippen LogP contribution in [0.1, 0.15) is 30.0 Å². The number of methoxy groups -OCH3 is 5. The van der Waals surface area contributed by atoms with Crippen LogP contribution < -0.4 is 23.7 Å². The standard InChI is InChI=1S/C28H34N2O8/c1-34-19-9-8-17(14-20(19)35-2)25(31)23-24(18-15-21(36-3)27(38-5)22(16-18)37-4)30(28(33)26(23)32)13-12-29-10-6-7-11-29/h8-9,14-16,24,31H,6-7,10-13H2,1-5H3/t24-/m1/s1. The van der Waals surface area contributed by atoms with Crippen LogP contribution in [0.15, 0.2) is 35.9 Å². The van der Waals surface area contributed by atoms with Gasteiger partial charge < -0.3 is 38.6 Å². The van der Waals surface area contributed by atoms with Gasteiger partial charge in [-0.3, -0.25) is 9.59 Å². The zero-order valence-electron chi connectivity index (χ0n) is 22.4. The number of carbonyl (C=O) groups excluding carboxylic acids is 2. The van der Waals surface area contributed by atoms with Crippen molar-refractivity contribution >= 4 is 17.4 Å². The van der Waals surface area contributed by atoms with Crippen LogP contribution in [0.2, 0.25) is 0 Å². The van der Waals surface area contributed by atoms with Crippen LogP contribution in [-0.4, -0.2) is 88.3 Å². The lowest BCUT2D eigenvalue weighted by Gasteiger charge is -2.28. The zero-order chi connectivity index (χ0) is 27.4. The number of ketones is 1. The van der Waals surface area contributed by atoms with Gasteiger partial charge in [-0.15, -0.1) is 0 Å². The fourth-order valence-corrected chi connectivity index (χ4v) is 5.11. The minimum atomic E-state index is -0.876. The van der Waals surface area contributed by atoms with Crippen LogP contribution in [0.3, 0.4) is 0 Å². The number of carbonyl (C=O) groups is 2. The lowest BCUT2D eigenvalue weighted by atomic mass is 9.94. The maximum Gasteiger partial charge on any atom is 0.295 e. The molecule has 10 nitrogen and oxygen atoms in total. The van der Waals surface area contributed by atoms with Crippen molar-refractivity contribution in [2.45, 2.75) is 18.9 Å². The number of nitrogens with zero attached hydrogens (tertiary/aromatic N) is 2. The third-order valence-corrected chi connectivity index (χ3v) is 7.06. The van der Waals surface area contributed by atoms with Crippen molar-refractivity contribution in [2.75, 3.05) is 61.7 Å². The van der Waals surface area contributed by atoms with Gasteiger partial charge in [-0.05, 0) is 61.8 Å². The Bertz CT molecular complexity index is 1210. The molecule has 2 heterocycles. The van der Waals surface area contributed by atoms with E-state index in [2.05, 4.69) is 4.90 Å². The monoisotopic (exact) mass is 526 g/mol. The van der Waals surface area contributed by atoms with E-state index in [1.807, 2.05) is 0 Å². The minimum absolute atomic E-state index is 0.0297. The predicted molar refractivity (Wildman–Crippen MR) is 140 cm³/mol. The first-order chi connectivity index (χ1) is 18.4. The molecule has 10 heteroatoms. The number of rotatable bonds is 10. The van der Waals surface area contributed by atoms with Crippen molar-refractivity contribution in [2.24, 2.45) is 0 Å². The summed E-state index contributed by atoms with van der Waals surface area (Å²) in [5.74, 6) is 0.221. The van der Waals surface area contributed by atoms with Gasteiger partial charge in [-0.1, -0.05) is 0 Å². The predicted octanol–water partition coefficient (Wildman–Crippen LogP) is 3.25. The first-order valence-electron chi connectivity index (χ1n) is 12.4. The highest BCUT2D eigenvalue weighted by molar-refractivity contribution is 6.46. The SMILES string of the molecule is COc1ccc(C(O)=C2C(=O)C(=O)N(CCN3CCCC3)[C@@H]2c2cc(OC)c(OC)c(OC)c2)cc1OC. The maximum absolute atomic E-state index is 13.5. The molecule has 0 aliphatic carbocycles. The molecule has 0 spiro atoms. The third-order valence-electron chi connectivity index (χ3n) is 7.06. The summed E-state index contributed by atoms with van der Waals surface area (Å²) in [4.78, 5) is 30.6. The van der Waals surface area contributed by atoms with E-state index in [1.165, 1.54) is 40.4 Å². The average molecular weight is 527 g/mol. The second-order valence-electron chi connectivity index (χ2n) is 9.07. The second-order valence-corrected chi connectivity index (χ2v) is 9.07. The molecule has 1 N–H and O–H groups in total. The summed E-state index contributed by atoms with van der Waals surface area (Å²) >= 11 is 0. The number of hydrogen-bond acceptors (Lipinski definition) is 9. The summed E-state index contributed by atoms with van der Waals surface area (Å²) in [5.41, 5.74) is 0.831. The molecule has 1 amide bonds. The van der Waals surface area contributed by atoms with Crippen molar-refractivity contribution in [1.29, 1.82) is 0 Å². The van der Waals surface area contributed by atoms with Crippen LogP contribution in [0, 0.1) is 0 Å². The highest BCUT2D eigenvalue weighted by Gasteiger charge is 2.46. The largest absolute Gasteiger partial charge is 0.507 e. The Balaban J connectivity index is 1.87. The first kappa shape index (κ1) is 27.1. The van der Waals surface area contributed by atoms with E-state index in [0.29, 0.717) is 53.0 Å². The van der Waals surface area contributed by atoms with Crippen molar-refractivity contribution in [3.8, 4) is 28.7 Å². The van der Waals surface area contributed by atoms with Crippen molar-refractivity contribution in [3.63, 3.8) is 0 Å². The van der Waals surface area contributed by atoms with Gasteiger partial charge in [-0.2, -0.15) is 0 Å². The van der Waals surface area contributed by atoms with E-state index in [1.54, 1.807) is 30.3 Å². The van der Waals surface area contributed by atoms with E-state index in [4.69, 9.17) is 23.7 Å². The van der Waals surface area contributed by atoms with Gasteiger partial charge in [0, 0.05) is 18.7 Å². The molecule has 0 bridgehead atoms. The molecule has 2 aromatic carbocycles. The van der Waals surface area contributed by atoms with E-state index in [9.17, 15) is 14.7 Å². The van der Waals surface area contributed by atoms with Gasteiger partial charge in [0.05, 0.1) is 47.2 Å². The molecule has 0 aromatic heterocycles. The number of Topliss-reactive ketones (excluding diaryl/α,β-unsaturated/α-hetero) is 1. The van der Waals surface area contributed by atoms with Crippen LogP contribution in [0.4, 0.5) is 0 Å². The number of likely N-dealkylation sites (tertiary alicyclic amines) is 2. The number of aliphatic hydroxyl groups excluding tert-OH is 1. The summed E-state index contributed by atoms with van der Waals surface area (Å²) < 4.78 is 27.2. The molecule has 204 valence electrons. The quantitative estimate of drug-likeness (QED) is 0.284. The van der Waals surface area contributed by atoms with Gasteiger partial charge in [0.1, 0.15) is 5.76 Å². The Morgan fingerprint density at radius 2 is 1.42 bits per heavy atom. The van der Waals surface area contributed by atoms with E-state index in [0.717, 1.165) is 25.9 Å². The Hall–Kier alpha value is -3.92. The lowest BCUT2D eigenvalue weighted by Crippen LogP contribution is -2.37. The molecule has 0 saturated carbocycles. The Kier molecular flexibility index (Phi) is 8.31. The van der Waals surface area contributed by atoms with E-state index in [-0.39, 0.29) is 11.3 Å². The van der Waals surface area contributed by atoms with Crippen molar-refractivity contribution in [1.82, 2.24) is 9.80 Å². The highest BCUT2D eigenvalue weighted by atomic mass is 16.5. The molecular weight excluding hydrogens is 492 g/mol. The van der Waals surface area contributed by atoms with E-state index < -0.39 is 17.7 Å². The molecule has 2 aromatic rings. The number of ether oxygens (including phenoxy) is 5. The zero-order valence-corrected chi connectivity index (χ0v) is 22.4. The Morgan fingerprint density at radius 3 is 1.97 bits per heavy atom. The average Bonchev–Trinajstić information content (AvgIpc) is 3.56. The van der Waals surface area contributed by atoms with Crippen LogP contribution in [0.25, 0.3) is 5.76 Å². The molecule has 0 unspecified atom stereocenters. The van der Waals surface area contributed by atoms with Gasteiger partial charge in [0.2, 0.25) is 5.75 Å². The Labute approximate surface area is 222 Å². The van der Waals surface area contributed by atoms with Gasteiger partial charge in [-0.25, -0.2) is 0 Å². The fourth-order valence-electron chi connectivity index (χ4n) is 5.11. The molecule has 0 radical (unpaired) electrons. The molecule has 1 atom stereocenters. The summed E-state index contributed by atoms with van der Waals surface area (Å²) in [6, 6.07) is 7.33. The molecule has 38 heavy (non-hydrogen) atoms. The third kappa shape index (κ3) is 4.96. The fraction of sp³-hybridized carbons (Fsp3) is 0.429. The normalized spacial score (nSPS) is 19.1. The molecule has 2 saturated heterocycles.